The molecule has 2 fully saturated rings. The Morgan fingerprint density at radius 1 is 1.00 bits per heavy atom. The maximum atomic E-state index is 10.4. The van der Waals surface area contributed by atoms with Gasteiger partial charge in [-0.3, -0.25) is 0 Å². The van der Waals surface area contributed by atoms with Crippen LogP contribution in [0.15, 0.2) is 0 Å². The molecule has 0 heterocycles. The number of hydrogen-bond donors (Lipinski definition) is 1. The zero-order valence-electron chi connectivity index (χ0n) is 11.7. The maximum Gasteiger partial charge on any atom is 0.0568 e. The van der Waals surface area contributed by atoms with Gasteiger partial charge in [-0.15, -0.1) is 0 Å². The fraction of sp³-hybridized carbons (Fsp3) is 1.00. The van der Waals surface area contributed by atoms with E-state index < -0.39 is 0 Å². The lowest BCUT2D eigenvalue weighted by atomic mass is 9.73. The number of rotatable bonds is 4. The third-order valence-corrected chi connectivity index (χ3v) is 5.10. The third-order valence-electron chi connectivity index (χ3n) is 5.10. The summed E-state index contributed by atoms with van der Waals surface area (Å²) >= 11 is 0. The van der Waals surface area contributed by atoms with Crippen molar-refractivity contribution in [1.82, 2.24) is 0 Å². The average Bonchev–Trinajstić information content (AvgIpc) is 2.77. The fourth-order valence-electron chi connectivity index (χ4n) is 4.26. The fourth-order valence-corrected chi connectivity index (χ4v) is 4.26. The van der Waals surface area contributed by atoms with Crippen molar-refractivity contribution in [1.29, 1.82) is 0 Å². The Morgan fingerprint density at radius 3 is 2.18 bits per heavy atom. The Labute approximate surface area is 107 Å². The minimum atomic E-state index is -0.0131. The number of hydrogen-bond acceptors (Lipinski definition) is 1. The zero-order valence-corrected chi connectivity index (χ0v) is 11.7. The van der Waals surface area contributed by atoms with Crippen LogP contribution in [-0.4, -0.2) is 11.2 Å². The van der Waals surface area contributed by atoms with Crippen LogP contribution in [0.25, 0.3) is 0 Å². The second-order valence-corrected chi connectivity index (χ2v) is 6.97. The molecular formula is C16H30O. The van der Waals surface area contributed by atoms with Gasteiger partial charge >= 0.3 is 0 Å². The third kappa shape index (κ3) is 3.98. The lowest BCUT2D eigenvalue weighted by Crippen LogP contribution is -2.29. The predicted molar refractivity (Wildman–Crippen MR) is 72.9 cm³/mol. The summed E-state index contributed by atoms with van der Waals surface area (Å²) in [5.41, 5.74) is 0. The summed E-state index contributed by atoms with van der Waals surface area (Å²) in [6, 6.07) is 0. The summed E-state index contributed by atoms with van der Waals surface area (Å²) in [5.74, 6) is 3.17. The normalized spacial score (nSPS) is 37.2. The van der Waals surface area contributed by atoms with Crippen LogP contribution >= 0.6 is 0 Å². The van der Waals surface area contributed by atoms with Crippen LogP contribution in [0.3, 0.4) is 0 Å². The van der Waals surface area contributed by atoms with Gasteiger partial charge in [0.1, 0.15) is 0 Å². The highest BCUT2D eigenvalue weighted by Crippen LogP contribution is 2.37. The van der Waals surface area contributed by atoms with Crippen molar-refractivity contribution in [3.8, 4) is 0 Å². The van der Waals surface area contributed by atoms with E-state index >= 15 is 0 Å². The molecule has 0 aromatic rings. The van der Waals surface area contributed by atoms with Crippen molar-refractivity contribution < 1.29 is 5.11 Å². The molecule has 2 aliphatic rings. The summed E-state index contributed by atoms with van der Waals surface area (Å²) in [5, 5.41) is 10.4. The van der Waals surface area contributed by atoms with Crippen LogP contribution in [0, 0.1) is 23.7 Å². The molecule has 17 heavy (non-hydrogen) atoms. The van der Waals surface area contributed by atoms with Gasteiger partial charge in [0, 0.05) is 0 Å². The number of aliphatic hydroxyl groups excluding tert-OH is 1. The minimum absolute atomic E-state index is 0.0131. The Balaban J connectivity index is 1.72. The molecule has 0 spiro atoms. The highest BCUT2D eigenvalue weighted by Gasteiger charge is 2.29. The molecule has 0 bridgehead atoms. The van der Waals surface area contributed by atoms with Gasteiger partial charge < -0.3 is 5.11 Å². The molecule has 3 unspecified atom stereocenters. The molecule has 2 saturated carbocycles. The second kappa shape index (κ2) is 6.22. The van der Waals surface area contributed by atoms with Crippen LogP contribution in [0.5, 0.6) is 0 Å². The monoisotopic (exact) mass is 238 g/mol. The highest BCUT2D eigenvalue weighted by atomic mass is 16.3. The smallest absolute Gasteiger partial charge is 0.0568 e. The van der Waals surface area contributed by atoms with Gasteiger partial charge in [-0.05, 0) is 55.8 Å². The van der Waals surface area contributed by atoms with Crippen molar-refractivity contribution in [3.63, 3.8) is 0 Å². The molecule has 0 radical (unpaired) electrons. The van der Waals surface area contributed by atoms with Crippen LogP contribution in [0.1, 0.15) is 71.6 Å². The first-order valence-electron chi connectivity index (χ1n) is 7.83. The minimum Gasteiger partial charge on any atom is -0.393 e. The van der Waals surface area contributed by atoms with E-state index in [1.807, 2.05) is 0 Å². The van der Waals surface area contributed by atoms with E-state index in [4.69, 9.17) is 0 Å². The summed E-state index contributed by atoms with van der Waals surface area (Å²) in [6.07, 6.45) is 11.9. The molecule has 3 atom stereocenters. The van der Waals surface area contributed by atoms with Crippen molar-refractivity contribution >= 4 is 0 Å². The van der Waals surface area contributed by atoms with Crippen LogP contribution in [0.4, 0.5) is 0 Å². The SMILES string of the molecule is CC1CC(C)CC(C(O)CCC2CCCC2)C1. The first-order valence-corrected chi connectivity index (χ1v) is 7.83. The van der Waals surface area contributed by atoms with E-state index in [-0.39, 0.29) is 6.10 Å². The van der Waals surface area contributed by atoms with Crippen molar-refractivity contribution in [2.45, 2.75) is 77.7 Å². The van der Waals surface area contributed by atoms with Gasteiger partial charge in [0.05, 0.1) is 6.10 Å². The molecule has 1 N–H and O–H groups in total. The summed E-state index contributed by atoms with van der Waals surface area (Å²) < 4.78 is 0. The topological polar surface area (TPSA) is 20.2 Å². The van der Waals surface area contributed by atoms with Crippen LogP contribution < -0.4 is 0 Å². The van der Waals surface area contributed by atoms with Gasteiger partial charge in [-0.2, -0.15) is 0 Å². The quantitative estimate of drug-likeness (QED) is 0.770. The Hall–Kier alpha value is -0.0400. The standard InChI is InChI=1S/C16H30O/c1-12-9-13(2)11-15(10-12)16(17)8-7-14-5-3-4-6-14/h12-17H,3-11H2,1-2H3. The van der Waals surface area contributed by atoms with E-state index in [1.165, 1.54) is 51.4 Å². The van der Waals surface area contributed by atoms with E-state index in [2.05, 4.69) is 13.8 Å². The lowest BCUT2D eigenvalue weighted by Gasteiger charge is -2.34. The van der Waals surface area contributed by atoms with Gasteiger partial charge in [-0.25, -0.2) is 0 Å². The van der Waals surface area contributed by atoms with Gasteiger partial charge in [-0.1, -0.05) is 39.5 Å². The highest BCUT2D eigenvalue weighted by molar-refractivity contribution is 4.80. The number of aliphatic hydroxyl groups is 1. The van der Waals surface area contributed by atoms with E-state index in [9.17, 15) is 5.11 Å². The van der Waals surface area contributed by atoms with Crippen molar-refractivity contribution in [2.75, 3.05) is 0 Å². The van der Waals surface area contributed by atoms with Crippen molar-refractivity contribution in [2.24, 2.45) is 23.7 Å². The van der Waals surface area contributed by atoms with Gasteiger partial charge in [0.15, 0.2) is 0 Å². The van der Waals surface area contributed by atoms with Crippen LogP contribution in [0.2, 0.25) is 0 Å². The summed E-state index contributed by atoms with van der Waals surface area (Å²) in [7, 11) is 0. The maximum absolute atomic E-state index is 10.4. The largest absolute Gasteiger partial charge is 0.393 e. The molecule has 1 nitrogen and oxygen atoms in total. The van der Waals surface area contributed by atoms with E-state index in [0.717, 1.165) is 24.2 Å². The second-order valence-electron chi connectivity index (χ2n) is 6.97. The average molecular weight is 238 g/mol. The Morgan fingerprint density at radius 2 is 1.59 bits per heavy atom. The molecule has 2 rings (SSSR count). The first-order chi connectivity index (χ1) is 8.15. The van der Waals surface area contributed by atoms with Gasteiger partial charge in [0.2, 0.25) is 0 Å². The lowest BCUT2D eigenvalue weighted by molar-refractivity contribution is 0.0453. The Kier molecular flexibility index (Phi) is 4.90. The molecule has 100 valence electrons. The van der Waals surface area contributed by atoms with Gasteiger partial charge in [0.25, 0.3) is 0 Å². The molecule has 0 aromatic carbocycles. The molecule has 0 amide bonds. The first kappa shape index (κ1) is 13.4. The molecule has 0 saturated heterocycles. The van der Waals surface area contributed by atoms with E-state index in [1.54, 1.807) is 0 Å². The molecule has 0 aromatic heterocycles. The summed E-state index contributed by atoms with van der Waals surface area (Å²) in [4.78, 5) is 0. The molecule has 2 aliphatic carbocycles. The molecule has 0 aliphatic heterocycles. The predicted octanol–water partition coefficient (Wildman–Crippen LogP) is 4.39. The Bertz CT molecular complexity index is 210. The van der Waals surface area contributed by atoms with Crippen molar-refractivity contribution in [3.05, 3.63) is 0 Å². The molecular weight excluding hydrogens is 208 g/mol. The summed E-state index contributed by atoms with van der Waals surface area (Å²) in [6.45, 7) is 4.71. The molecule has 1 heteroatoms. The zero-order chi connectivity index (χ0) is 12.3. The van der Waals surface area contributed by atoms with E-state index in [0.29, 0.717) is 5.92 Å². The van der Waals surface area contributed by atoms with Crippen LogP contribution in [-0.2, 0) is 0 Å².